The molecule has 0 saturated carbocycles. The Bertz CT molecular complexity index is 695. The third kappa shape index (κ3) is 4.45. The van der Waals surface area contributed by atoms with Crippen molar-refractivity contribution >= 4 is 29.1 Å². The molecule has 7 heteroatoms. The average Bonchev–Trinajstić information content (AvgIpc) is 2.67. The van der Waals surface area contributed by atoms with Crippen LogP contribution in [0, 0.1) is 6.92 Å². The minimum Gasteiger partial charge on any atom is -0.364 e. The second-order valence-electron chi connectivity index (χ2n) is 8.00. The van der Waals surface area contributed by atoms with E-state index in [4.69, 9.17) is 17.3 Å². The van der Waals surface area contributed by atoms with Gasteiger partial charge in [0.1, 0.15) is 0 Å². The third-order valence-corrected chi connectivity index (χ3v) is 6.78. The fraction of sp³-hybridized carbons (Fsp3) is 0.600. The van der Waals surface area contributed by atoms with E-state index in [2.05, 4.69) is 5.32 Å². The summed E-state index contributed by atoms with van der Waals surface area (Å²) in [7, 11) is 0. The number of nitrogens with one attached hydrogen (secondary N) is 3. The number of benzene rings is 1. The molecule has 2 amide bonds. The van der Waals surface area contributed by atoms with E-state index in [1.54, 1.807) is 0 Å². The van der Waals surface area contributed by atoms with E-state index < -0.39 is 5.54 Å². The van der Waals surface area contributed by atoms with Crippen LogP contribution in [0.4, 0.5) is 5.69 Å². The number of halogens is 1. The molecule has 1 aromatic rings. The normalized spacial score (nSPS) is 26.5. The average molecular weight is 395 g/mol. The second kappa shape index (κ2) is 8.59. The van der Waals surface area contributed by atoms with Gasteiger partial charge in [-0.25, -0.2) is 0 Å². The molecular weight excluding hydrogens is 364 g/mol. The van der Waals surface area contributed by atoms with Gasteiger partial charge in [0.15, 0.2) is 12.1 Å². The number of hydrogen-bond donors (Lipinski definition) is 4. The number of piperidine rings is 2. The van der Waals surface area contributed by atoms with Gasteiger partial charge in [0.25, 0.3) is 11.8 Å². The van der Waals surface area contributed by atoms with E-state index in [0.29, 0.717) is 11.6 Å². The summed E-state index contributed by atoms with van der Waals surface area (Å²) in [6, 6.07) is 5.51. The Kier molecular flexibility index (Phi) is 6.40. The highest BCUT2D eigenvalue weighted by atomic mass is 35.5. The zero-order valence-corrected chi connectivity index (χ0v) is 16.8. The lowest BCUT2D eigenvalue weighted by molar-refractivity contribution is -0.972. The zero-order valence-electron chi connectivity index (χ0n) is 16.1. The molecule has 27 heavy (non-hydrogen) atoms. The highest BCUT2D eigenvalue weighted by Crippen LogP contribution is 2.22. The van der Waals surface area contributed by atoms with Crippen LogP contribution >= 0.6 is 11.6 Å². The molecule has 2 heterocycles. The summed E-state index contributed by atoms with van der Waals surface area (Å²) in [4.78, 5) is 27.4. The van der Waals surface area contributed by atoms with Crippen molar-refractivity contribution in [3.8, 4) is 0 Å². The summed E-state index contributed by atoms with van der Waals surface area (Å²) >= 11 is 6.12. The first-order chi connectivity index (χ1) is 12.9. The van der Waals surface area contributed by atoms with Crippen molar-refractivity contribution in [1.29, 1.82) is 0 Å². The Hall–Kier alpha value is -1.63. The van der Waals surface area contributed by atoms with Crippen LogP contribution in [0.1, 0.15) is 37.7 Å². The van der Waals surface area contributed by atoms with Crippen LogP contribution in [0.25, 0.3) is 0 Å². The molecule has 5 N–H and O–H groups in total. The summed E-state index contributed by atoms with van der Waals surface area (Å²) in [5.41, 5.74) is 7.05. The van der Waals surface area contributed by atoms with Crippen LogP contribution in [-0.4, -0.2) is 50.1 Å². The van der Waals surface area contributed by atoms with Crippen LogP contribution in [0.2, 0.25) is 5.02 Å². The number of carbonyl (C=O) groups excluding carboxylic acids is 2. The molecule has 148 valence electrons. The molecule has 1 aromatic carbocycles. The van der Waals surface area contributed by atoms with Crippen molar-refractivity contribution in [1.82, 2.24) is 0 Å². The lowest BCUT2D eigenvalue weighted by Crippen LogP contribution is -3.26. The minimum atomic E-state index is -0.441. The summed E-state index contributed by atoms with van der Waals surface area (Å²) in [5, 5.41) is 3.61. The van der Waals surface area contributed by atoms with Gasteiger partial charge < -0.3 is 20.9 Å². The summed E-state index contributed by atoms with van der Waals surface area (Å²) in [5.74, 6) is -0.190. The monoisotopic (exact) mass is 394 g/mol. The van der Waals surface area contributed by atoms with Crippen LogP contribution in [0.15, 0.2) is 18.2 Å². The fourth-order valence-corrected chi connectivity index (χ4v) is 4.78. The van der Waals surface area contributed by atoms with Crippen LogP contribution in [0.3, 0.4) is 0 Å². The van der Waals surface area contributed by atoms with Gasteiger partial charge in [0, 0.05) is 10.7 Å². The van der Waals surface area contributed by atoms with E-state index in [1.807, 2.05) is 25.1 Å². The lowest BCUT2D eigenvalue weighted by Gasteiger charge is -2.43. The molecule has 0 aromatic heterocycles. The number of rotatable bonds is 5. The molecule has 0 bridgehead atoms. The Labute approximate surface area is 166 Å². The summed E-state index contributed by atoms with van der Waals surface area (Å²) < 4.78 is 0. The quantitative estimate of drug-likeness (QED) is 0.546. The van der Waals surface area contributed by atoms with Gasteiger partial charge >= 0.3 is 0 Å². The first kappa shape index (κ1) is 20.1. The van der Waals surface area contributed by atoms with Crippen molar-refractivity contribution in [3.63, 3.8) is 0 Å². The summed E-state index contributed by atoms with van der Waals surface area (Å²) in [6.07, 6.45) is 5.11. The Morgan fingerprint density at radius 2 is 1.81 bits per heavy atom. The van der Waals surface area contributed by atoms with Gasteiger partial charge in [-0.3, -0.25) is 9.59 Å². The van der Waals surface area contributed by atoms with E-state index in [9.17, 15) is 9.59 Å². The molecule has 2 saturated heterocycles. The van der Waals surface area contributed by atoms with E-state index in [1.165, 1.54) is 29.1 Å². The van der Waals surface area contributed by atoms with Crippen LogP contribution < -0.4 is 20.9 Å². The number of nitrogens with two attached hydrogens (primary N) is 1. The number of quaternary nitrogens is 2. The Morgan fingerprint density at radius 1 is 1.15 bits per heavy atom. The number of carbonyl (C=O) groups is 2. The Morgan fingerprint density at radius 3 is 2.44 bits per heavy atom. The smallest absolute Gasteiger partial charge is 0.279 e. The van der Waals surface area contributed by atoms with Gasteiger partial charge in [0.2, 0.25) is 0 Å². The van der Waals surface area contributed by atoms with Gasteiger partial charge in [-0.1, -0.05) is 17.7 Å². The number of amides is 2. The van der Waals surface area contributed by atoms with Crippen molar-refractivity contribution < 1.29 is 19.4 Å². The van der Waals surface area contributed by atoms with Crippen molar-refractivity contribution in [2.24, 2.45) is 5.73 Å². The maximum absolute atomic E-state index is 12.5. The van der Waals surface area contributed by atoms with Gasteiger partial charge in [0.05, 0.1) is 39.0 Å². The molecule has 2 fully saturated rings. The molecule has 0 aliphatic carbocycles. The van der Waals surface area contributed by atoms with Crippen molar-refractivity contribution in [3.05, 3.63) is 28.8 Å². The second-order valence-corrected chi connectivity index (χ2v) is 8.41. The van der Waals surface area contributed by atoms with Gasteiger partial charge in [-0.15, -0.1) is 0 Å². The Balaban J connectivity index is 1.57. The first-order valence-corrected chi connectivity index (χ1v) is 10.3. The minimum absolute atomic E-state index is 0.0211. The largest absolute Gasteiger partial charge is 0.364 e. The van der Waals surface area contributed by atoms with E-state index >= 15 is 0 Å². The number of hydrogen-bond acceptors (Lipinski definition) is 2. The maximum atomic E-state index is 12.5. The van der Waals surface area contributed by atoms with Gasteiger partial charge in [-0.2, -0.15) is 0 Å². The van der Waals surface area contributed by atoms with Crippen LogP contribution in [-0.2, 0) is 9.59 Å². The molecule has 2 aliphatic rings. The molecule has 3 rings (SSSR count). The fourth-order valence-electron chi connectivity index (χ4n) is 4.60. The highest BCUT2D eigenvalue weighted by molar-refractivity contribution is 6.31. The van der Waals surface area contributed by atoms with Crippen molar-refractivity contribution in [2.75, 3.05) is 38.0 Å². The summed E-state index contributed by atoms with van der Waals surface area (Å²) in [6.45, 7) is 5.97. The van der Waals surface area contributed by atoms with Gasteiger partial charge in [-0.05, 0) is 43.9 Å². The maximum Gasteiger partial charge on any atom is 0.279 e. The van der Waals surface area contributed by atoms with E-state index in [0.717, 1.165) is 50.3 Å². The predicted molar refractivity (Wildman–Crippen MR) is 106 cm³/mol. The molecule has 0 unspecified atom stereocenters. The topological polar surface area (TPSA) is 81.1 Å². The lowest BCUT2D eigenvalue weighted by atomic mass is 9.83. The number of likely N-dealkylation sites (tertiary alicyclic amines) is 2. The standard InChI is InChI=1S/C20H29ClN4O2/c1-15-16(21)6-5-7-17(15)23-18(26)14-24-12-8-20(9-13-24,19(22)27)25-10-3-2-4-11-25/h5-7H,2-4,8-14H2,1H3,(H2,22,27)(H,23,26)/p+2. The third-order valence-electron chi connectivity index (χ3n) is 6.37. The molecule has 6 nitrogen and oxygen atoms in total. The molecule has 0 radical (unpaired) electrons. The number of anilines is 1. The molecular formula is C20H31ClN4O2+2. The van der Waals surface area contributed by atoms with Crippen LogP contribution in [0.5, 0.6) is 0 Å². The molecule has 2 aliphatic heterocycles. The highest BCUT2D eigenvalue weighted by Gasteiger charge is 2.50. The number of primary amides is 1. The van der Waals surface area contributed by atoms with E-state index in [-0.39, 0.29) is 11.8 Å². The zero-order chi connectivity index (χ0) is 19.4. The van der Waals surface area contributed by atoms with Crippen molar-refractivity contribution in [2.45, 2.75) is 44.6 Å². The molecule has 0 spiro atoms. The predicted octanol–water partition coefficient (Wildman–Crippen LogP) is -0.441. The molecule has 0 atom stereocenters. The SMILES string of the molecule is Cc1c(Cl)cccc1NC(=O)C[NH+]1CCC(C(N)=O)([NH+]2CCCCC2)CC1. The first-order valence-electron chi connectivity index (χ1n) is 9.96.